The highest BCUT2D eigenvalue weighted by Crippen LogP contribution is 2.21. The highest BCUT2D eigenvalue weighted by molar-refractivity contribution is 6.31. The van der Waals surface area contributed by atoms with Crippen LogP contribution in [0.15, 0.2) is 18.2 Å². The summed E-state index contributed by atoms with van der Waals surface area (Å²) in [7, 11) is 1.88. The molecule has 0 amide bonds. The van der Waals surface area contributed by atoms with Gasteiger partial charge in [0.2, 0.25) is 5.95 Å². The van der Waals surface area contributed by atoms with E-state index in [1.165, 1.54) is 0 Å². The maximum absolute atomic E-state index is 5.85. The summed E-state index contributed by atoms with van der Waals surface area (Å²) in [6.07, 6.45) is 0. The number of aryl methyl sites for hydroxylation is 1. The Balaban J connectivity index is 2.77. The van der Waals surface area contributed by atoms with Gasteiger partial charge in [0.15, 0.2) is 0 Å². The predicted molar refractivity (Wildman–Crippen MR) is 53.5 cm³/mol. The maximum Gasteiger partial charge on any atom is 0.218 e. The van der Waals surface area contributed by atoms with E-state index in [2.05, 4.69) is 10.4 Å². The summed E-state index contributed by atoms with van der Waals surface area (Å²) in [5, 5.41) is 0.694. The molecule has 0 saturated heterocycles. The number of hydrogen-bond acceptors (Lipinski definition) is 3. The normalized spacial score (nSPS) is 10.7. The molecule has 0 bridgehead atoms. The van der Waals surface area contributed by atoms with E-state index in [0.29, 0.717) is 11.0 Å². The van der Waals surface area contributed by atoms with Crippen LogP contribution in [-0.4, -0.2) is 9.55 Å². The van der Waals surface area contributed by atoms with Crippen LogP contribution >= 0.6 is 11.6 Å². The van der Waals surface area contributed by atoms with Crippen molar-refractivity contribution in [1.29, 1.82) is 0 Å². The molecule has 5 heteroatoms. The first-order chi connectivity index (χ1) is 6.22. The van der Waals surface area contributed by atoms with Crippen LogP contribution in [-0.2, 0) is 7.05 Å². The third-order valence-corrected chi connectivity index (χ3v) is 2.21. The Morgan fingerprint density at radius 3 is 3.00 bits per heavy atom. The fourth-order valence-electron chi connectivity index (χ4n) is 1.29. The number of halogens is 1. The van der Waals surface area contributed by atoms with Gasteiger partial charge in [0, 0.05) is 12.1 Å². The number of hydrazine groups is 1. The lowest BCUT2D eigenvalue weighted by molar-refractivity contribution is 0.942. The molecule has 68 valence electrons. The fraction of sp³-hybridized carbons (Fsp3) is 0.125. The molecular formula is C8H9ClN4. The second-order valence-electron chi connectivity index (χ2n) is 2.77. The van der Waals surface area contributed by atoms with Crippen molar-refractivity contribution in [3.63, 3.8) is 0 Å². The zero-order valence-electron chi connectivity index (χ0n) is 7.08. The second kappa shape index (κ2) is 2.90. The molecule has 0 radical (unpaired) electrons. The van der Waals surface area contributed by atoms with Gasteiger partial charge in [-0.2, -0.15) is 0 Å². The standard InChI is InChI=1S/C8H9ClN4/c1-13-7-4-5(9)2-3-6(7)11-8(13)12-10/h2-4H,10H2,1H3,(H,11,12). The lowest BCUT2D eigenvalue weighted by Crippen LogP contribution is -2.11. The molecular weight excluding hydrogens is 188 g/mol. The van der Waals surface area contributed by atoms with Crippen LogP contribution in [0.2, 0.25) is 5.02 Å². The molecule has 0 aliphatic rings. The minimum absolute atomic E-state index is 0.622. The van der Waals surface area contributed by atoms with Crippen molar-refractivity contribution in [2.24, 2.45) is 12.9 Å². The van der Waals surface area contributed by atoms with Gasteiger partial charge in [0.05, 0.1) is 11.0 Å². The molecule has 0 unspecified atom stereocenters. The van der Waals surface area contributed by atoms with E-state index in [4.69, 9.17) is 17.4 Å². The Bertz CT molecular complexity index is 449. The van der Waals surface area contributed by atoms with Crippen molar-refractivity contribution >= 4 is 28.6 Å². The zero-order valence-corrected chi connectivity index (χ0v) is 7.84. The molecule has 2 aromatic rings. The van der Waals surface area contributed by atoms with Crippen LogP contribution < -0.4 is 11.3 Å². The summed E-state index contributed by atoms with van der Waals surface area (Å²) in [4.78, 5) is 4.24. The third kappa shape index (κ3) is 1.24. The van der Waals surface area contributed by atoms with Crippen LogP contribution in [0.25, 0.3) is 11.0 Å². The summed E-state index contributed by atoms with van der Waals surface area (Å²) in [6.45, 7) is 0. The molecule has 2 rings (SSSR count). The molecule has 0 aliphatic carbocycles. The Kier molecular flexibility index (Phi) is 1.86. The van der Waals surface area contributed by atoms with Crippen molar-refractivity contribution < 1.29 is 0 Å². The number of aromatic nitrogens is 2. The molecule has 0 atom stereocenters. The van der Waals surface area contributed by atoms with Crippen LogP contribution in [0.4, 0.5) is 5.95 Å². The number of hydrogen-bond donors (Lipinski definition) is 2. The molecule has 3 N–H and O–H groups in total. The molecule has 4 nitrogen and oxygen atoms in total. The first kappa shape index (κ1) is 8.34. The number of rotatable bonds is 1. The van der Waals surface area contributed by atoms with Gasteiger partial charge in [-0.15, -0.1) is 0 Å². The molecule has 0 fully saturated rings. The van der Waals surface area contributed by atoms with Gasteiger partial charge in [0.25, 0.3) is 0 Å². The Labute approximate surface area is 80.3 Å². The third-order valence-electron chi connectivity index (χ3n) is 1.97. The van der Waals surface area contributed by atoms with Gasteiger partial charge in [-0.3, -0.25) is 5.43 Å². The van der Waals surface area contributed by atoms with E-state index in [9.17, 15) is 0 Å². The summed E-state index contributed by atoms with van der Waals surface area (Å²) < 4.78 is 1.85. The smallest absolute Gasteiger partial charge is 0.218 e. The van der Waals surface area contributed by atoms with Gasteiger partial charge < -0.3 is 4.57 Å². The number of fused-ring (bicyclic) bond motifs is 1. The van der Waals surface area contributed by atoms with Crippen LogP contribution in [0.1, 0.15) is 0 Å². The first-order valence-electron chi connectivity index (χ1n) is 3.81. The Morgan fingerprint density at radius 2 is 2.31 bits per heavy atom. The van der Waals surface area contributed by atoms with E-state index in [1.54, 1.807) is 6.07 Å². The SMILES string of the molecule is Cn1c(NN)nc2ccc(Cl)cc21. The largest absolute Gasteiger partial charge is 0.312 e. The van der Waals surface area contributed by atoms with Crippen LogP contribution in [0.5, 0.6) is 0 Å². The number of imidazole rings is 1. The molecule has 13 heavy (non-hydrogen) atoms. The lowest BCUT2D eigenvalue weighted by Gasteiger charge is -1.98. The Morgan fingerprint density at radius 1 is 1.54 bits per heavy atom. The summed E-state index contributed by atoms with van der Waals surface area (Å²) in [5.41, 5.74) is 4.35. The topological polar surface area (TPSA) is 55.9 Å². The summed E-state index contributed by atoms with van der Waals surface area (Å²) in [5.74, 6) is 5.91. The number of nitrogen functional groups attached to an aromatic ring is 1. The monoisotopic (exact) mass is 196 g/mol. The average Bonchev–Trinajstić information content (AvgIpc) is 2.44. The summed E-state index contributed by atoms with van der Waals surface area (Å²) >= 11 is 5.85. The van der Waals surface area contributed by atoms with Crippen molar-refractivity contribution in [3.8, 4) is 0 Å². The number of nitrogens with one attached hydrogen (secondary N) is 1. The van der Waals surface area contributed by atoms with Gasteiger partial charge >= 0.3 is 0 Å². The van der Waals surface area contributed by atoms with Crippen molar-refractivity contribution in [2.75, 3.05) is 5.43 Å². The van der Waals surface area contributed by atoms with E-state index < -0.39 is 0 Å². The molecule has 0 saturated carbocycles. The van der Waals surface area contributed by atoms with E-state index in [0.717, 1.165) is 11.0 Å². The highest BCUT2D eigenvalue weighted by Gasteiger charge is 2.05. The number of nitrogens with zero attached hydrogens (tertiary/aromatic N) is 2. The van der Waals surface area contributed by atoms with Gasteiger partial charge in [-0.25, -0.2) is 10.8 Å². The fourth-order valence-corrected chi connectivity index (χ4v) is 1.46. The zero-order chi connectivity index (χ0) is 9.42. The van der Waals surface area contributed by atoms with Crippen molar-refractivity contribution in [2.45, 2.75) is 0 Å². The molecule has 1 aromatic carbocycles. The first-order valence-corrected chi connectivity index (χ1v) is 4.19. The quantitative estimate of drug-likeness (QED) is 0.537. The van der Waals surface area contributed by atoms with Gasteiger partial charge in [0.1, 0.15) is 0 Å². The second-order valence-corrected chi connectivity index (χ2v) is 3.21. The van der Waals surface area contributed by atoms with E-state index in [1.807, 2.05) is 23.7 Å². The number of nitrogens with two attached hydrogens (primary N) is 1. The van der Waals surface area contributed by atoms with Gasteiger partial charge in [-0.05, 0) is 18.2 Å². The summed E-state index contributed by atoms with van der Waals surface area (Å²) in [6, 6.07) is 5.51. The highest BCUT2D eigenvalue weighted by atomic mass is 35.5. The number of benzene rings is 1. The van der Waals surface area contributed by atoms with Crippen molar-refractivity contribution in [3.05, 3.63) is 23.2 Å². The average molecular weight is 197 g/mol. The van der Waals surface area contributed by atoms with Crippen LogP contribution in [0, 0.1) is 0 Å². The lowest BCUT2D eigenvalue weighted by atomic mass is 10.3. The molecule has 0 spiro atoms. The molecule has 0 aliphatic heterocycles. The van der Waals surface area contributed by atoms with Gasteiger partial charge in [-0.1, -0.05) is 11.6 Å². The molecule has 1 heterocycles. The number of anilines is 1. The van der Waals surface area contributed by atoms with E-state index >= 15 is 0 Å². The van der Waals surface area contributed by atoms with Crippen molar-refractivity contribution in [1.82, 2.24) is 9.55 Å². The Hall–Kier alpha value is -1.26. The molecule has 1 aromatic heterocycles. The maximum atomic E-state index is 5.85. The van der Waals surface area contributed by atoms with Crippen LogP contribution in [0.3, 0.4) is 0 Å². The predicted octanol–water partition coefficient (Wildman–Crippen LogP) is 1.51. The minimum Gasteiger partial charge on any atom is -0.312 e. The van der Waals surface area contributed by atoms with E-state index in [-0.39, 0.29) is 0 Å². The minimum atomic E-state index is 0.622.